The van der Waals surface area contributed by atoms with Gasteiger partial charge in [-0.15, -0.1) is 0 Å². The summed E-state index contributed by atoms with van der Waals surface area (Å²) in [6.45, 7) is 1.54. The average molecular weight is 492 g/mol. The molecule has 0 saturated heterocycles. The maximum atomic E-state index is 11.4. The molecule has 0 aliphatic heterocycles. The number of Topliss-reactive ketones (excluding diaryl/α,β-unsaturated/α-hetero) is 1. The lowest BCUT2D eigenvalue weighted by Gasteiger charge is -2.11. The lowest BCUT2D eigenvalue weighted by Crippen LogP contribution is -1.97. The van der Waals surface area contributed by atoms with Gasteiger partial charge < -0.3 is 4.74 Å². The first kappa shape index (κ1) is 15.4. The van der Waals surface area contributed by atoms with Gasteiger partial charge in [-0.2, -0.15) is 0 Å². The van der Waals surface area contributed by atoms with Crippen LogP contribution in [0.2, 0.25) is 0 Å². The van der Waals surface area contributed by atoms with Crippen molar-refractivity contribution in [1.29, 1.82) is 0 Å². The van der Waals surface area contributed by atoms with Crippen LogP contribution < -0.4 is 4.74 Å². The Hall–Kier alpha value is -0.960. The number of aldehydes is 1. The molecular formula is C15H10I2O3. The molecule has 0 bridgehead atoms. The van der Waals surface area contributed by atoms with E-state index in [0.717, 1.165) is 19.2 Å². The van der Waals surface area contributed by atoms with Crippen molar-refractivity contribution in [2.75, 3.05) is 0 Å². The molecule has 0 aliphatic carbocycles. The third kappa shape index (κ3) is 3.57. The van der Waals surface area contributed by atoms with E-state index in [1.54, 1.807) is 43.3 Å². The lowest BCUT2D eigenvalue weighted by molar-refractivity contribution is 0.101. The van der Waals surface area contributed by atoms with Crippen LogP contribution in [-0.2, 0) is 0 Å². The minimum absolute atomic E-state index is 0.0303. The summed E-state index contributed by atoms with van der Waals surface area (Å²) >= 11 is 4.30. The molecular weight excluding hydrogens is 482 g/mol. The van der Waals surface area contributed by atoms with Gasteiger partial charge in [0.25, 0.3) is 0 Å². The summed E-state index contributed by atoms with van der Waals surface area (Å²) in [4.78, 5) is 22.0. The van der Waals surface area contributed by atoms with Crippen molar-refractivity contribution in [3.05, 3.63) is 54.7 Å². The summed E-state index contributed by atoms with van der Waals surface area (Å²) in [5.41, 5.74) is 1.27. The third-order valence-corrected chi connectivity index (χ3v) is 4.24. The molecule has 0 saturated carbocycles. The Morgan fingerprint density at radius 2 is 1.65 bits per heavy atom. The van der Waals surface area contributed by atoms with Crippen LogP contribution in [0.5, 0.6) is 11.5 Å². The number of carbonyl (C=O) groups is 2. The quantitative estimate of drug-likeness (QED) is 0.353. The van der Waals surface area contributed by atoms with Gasteiger partial charge in [-0.1, -0.05) is 0 Å². The molecule has 0 aliphatic rings. The van der Waals surface area contributed by atoms with E-state index in [1.807, 2.05) is 0 Å². The van der Waals surface area contributed by atoms with Crippen LogP contribution in [-0.4, -0.2) is 12.1 Å². The van der Waals surface area contributed by atoms with E-state index in [4.69, 9.17) is 4.74 Å². The molecule has 2 aromatic carbocycles. The normalized spacial score (nSPS) is 10.2. The Kier molecular flexibility index (Phi) is 5.14. The number of rotatable bonds is 4. The summed E-state index contributed by atoms with van der Waals surface area (Å²) in [7, 11) is 0. The molecule has 20 heavy (non-hydrogen) atoms. The van der Waals surface area contributed by atoms with Crippen LogP contribution in [0.3, 0.4) is 0 Å². The molecule has 2 rings (SSSR count). The highest BCUT2D eigenvalue weighted by atomic mass is 127. The van der Waals surface area contributed by atoms with Gasteiger partial charge in [-0.25, -0.2) is 0 Å². The Balaban J connectivity index is 2.33. The van der Waals surface area contributed by atoms with Gasteiger partial charge in [0.2, 0.25) is 0 Å². The fraction of sp³-hybridized carbons (Fsp3) is 0.0667. The molecule has 0 amide bonds. The van der Waals surface area contributed by atoms with Crippen molar-refractivity contribution in [3.8, 4) is 11.5 Å². The maximum Gasteiger partial charge on any atom is 0.159 e. The zero-order valence-corrected chi connectivity index (χ0v) is 14.8. The number of ketones is 1. The fourth-order valence-corrected chi connectivity index (χ4v) is 3.58. The Morgan fingerprint density at radius 3 is 2.10 bits per heavy atom. The van der Waals surface area contributed by atoms with Crippen molar-refractivity contribution in [1.82, 2.24) is 0 Å². The summed E-state index contributed by atoms with van der Waals surface area (Å²) in [6.07, 6.45) is 0.791. The maximum absolute atomic E-state index is 11.4. The first-order valence-corrected chi connectivity index (χ1v) is 7.90. The van der Waals surface area contributed by atoms with Crippen molar-refractivity contribution in [2.45, 2.75) is 6.92 Å². The largest absolute Gasteiger partial charge is 0.455 e. The summed E-state index contributed by atoms with van der Waals surface area (Å²) < 4.78 is 7.58. The highest BCUT2D eigenvalue weighted by Crippen LogP contribution is 2.33. The zero-order valence-electron chi connectivity index (χ0n) is 10.5. The van der Waals surface area contributed by atoms with Crippen LogP contribution in [0.4, 0.5) is 0 Å². The van der Waals surface area contributed by atoms with Crippen LogP contribution in [0.15, 0.2) is 36.4 Å². The molecule has 0 aromatic heterocycles. The standard InChI is InChI=1S/C15H10I2O3/c1-9(19)11-6-13(16)15(14(17)7-11)20-12-4-2-10(8-18)3-5-12/h2-8H,1H3. The van der Waals surface area contributed by atoms with E-state index in [1.165, 1.54) is 0 Å². The smallest absolute Gasteiger partial charge is 0.159 e. The monoisotopic (exact) mass is 492 g/mol. The molecule has 3 nitrogen and oxygen atoms in total. The Bertz CT molecular complexity index is 640. The van der Waals surface area contributed by atoms with Gasteiger partial charge in [0.1, 0.15) is 12.0 Å². The molecule has 0 N–H and O–H groups in total. The second kappa shape index (κ2) is 6.66. The van der Waals surface area contributed by atoms with E-state index in [-0.39, 0.29) is 5.78 Å². The van der Waals surface area contributed by atoms with Crippen molar-refractivity contribution >= 4 is 57.3 Å². The molecule has 0 unspecified atom stereocenters. The fourth-order valence-electron chi connectivity index (χ4n) is 1.59. The molecule has 0 spiro atoms. The molecule has 2 aromatic rings. The SMILES string of the molecule is CC(=O)c1cc(I)c(Oc2ccc(C=O)cc2)c(I)c1. The van der Waals surface area contributed by atoms with Crippen LogP contribution >= 0.6 is 45.2 Å². The molecule has 102 valence electrons. The summed E-state index contributed by atoms with van der Waals surface area (Å²) in [6, 6.07) is 10.5. The number of benzene rings is 2. The zero-order chi connectivity index (χ0) is 14.7. The first-order valence-electron chi connectivity index (χ1n) is 5.74. The first-order chi connectivity index (χ1) is 9.51. The van der Waals surface area contributed by atoms with E-state index < -0.39 is 0 Å². The number of ether oxygens (including phenoxy) is 1. The number of hydrogen-bond acceptors (Lipinski definition) is 3. The van der Waals surface area contributed by atoms with Gasteiger partial charge in [-0.05, 0) is 88.5 Å². The van der Waals surface area contributed by atoms with Gasteiger partial charge in [-0.3, -0.25) is 9.59 Å². The van der Waals surface area contributed by atoms with Crippen molar-refractivity contribution in [2.24, 2.45) is 0 Å². The number of halogens is 2. The highest BCUT2D eigenvalue weighted by molar-refractivity contribution is 14.1. The van der Waals surface area contributed by atoms with Gasteiger partial charge in [0.05, 0.1) is 7.14 Å². The Labute approximate surface area is 144 Å². The van der Waals surface area contributed by atoms with E-state index in [2.05, 4.69) is 45.2 Å². The second-order valence-electron chi connectivity index (χ2n) is 4.11. The number of carbonyl (C=O) groups excluding carboxylic acids is 2. The van der Waals surface area contributed by atoms with Crippen LogP contribution in [0, 0.1) is 7.14 Å². The Morgan fingerprint density at radius 1 is 1.10 bits per heavy atom. The lowest BCUT2D eigenvalue weighted by atomic mass is 10.1. The average Bonchev–Trinajstić information content (AvgIpc) is 2.43. The van der Waals surface area contributed by atoms with Crippen LogP contribution in [0.1, 0.15) is 27.6 Å². The summed E-state index contributed by atoms with van der Waals surface area (Å²) in [5, 5.41) is 0. The molecule has 0 heterocycles. The van der Waals surface area contributed by atoms with E-state index >= 15 is 0 Å². The third-order valence-electron chi connectivity index (χ3n) is 2.64. The highest BCUT2D eigenvalue weighted by Gasteiger charge is 2.12. The number of hydrogen-bond donors (Lipinski definition) is 0. The second-order valence-corrected chi connectivity index (χ2v) is 6.44. The van der Waals surface area contributed by atoms with Gasteiger partial charge in [0.15, 0.2) is 11.5 Å². The van der Waals surface area contributed by atoms with Gasteiger partial charge >= 0.3 is 0 Å². The molecule has 0 atom stereocenters. The van der Waals surface area contributed by atoms with E-state index in [0.29, 0.717) is 16.9 Å². The minimum Gasteiger partial charge on any atom is -0.455 e. The van der Waals surface area contributed by atoms with Crippen molar-refractivity contribution < 1.29 is 14.3 Å². The van der Waals surface area contributed by atoms with Gasteiger partial charge in [0, 0.05) is 11.1 Å². The minimum atomic E-state index is 0.0303. The topological polar surface area (TPSA) is 43.4 Å². The predicted molar refractivity (Wildman–Crippen MR) is 93.8 cm³/mol. The van der Waals surface area contributed by atoms with Crippen molar-refractivity contribution in [3.63, 3.8) is 0 Å². The van der Waals surface area contributed by atoms with Crippen LogP contribution in [0.25, 0.3) is 0 Å². The molecule has 0 radical (unpaired) electrons. The van der Waals surface area contributed by atoms with E-state index in [9.17, 15) is 9.59 Å². The molecule has 5 heteroatoms. The predicted octanol–water partition coefficient (Wildman–Crippen LogP) is 4.70. The summed E-state index contributed by atoms with van der Waals surface area (Å²) in [5.74, 6) is 1.40. The molecule has 0 fully saturated rings.